The van der Waals surface area contributed by atoms with Crippen LogP contribution in [0.15, 0.2) is 18.3 Å². The molecule has 2 aromatic rings. The summed E-state index contributed by atoms with van der Waals surface area (Å²) in [6.45, 7) is 0. The smallest absolute Gasteiger partial charge is 0.251 e. The summed E-state index contributed by atoms with van der Waals surface area (Å²) in [5, 5.41) is 21.0. The van der Waals surface area contributed by atoms with Crippen molar-refractivity contribution in [2.45, 2.75) is 0 Å². The molecule has 0 radical (unpaired) electrons. The van der Waals surface area contributed by atoms with E-state index >= 15 is 0 Å². The number of hydrogen-bond donors (Lipinski definition) is 1. The van der Waals surface area contributed by atoms with Crippen molar-refractivity contribution < 1.29 is 9.50 Å². The Kier molecular flexibility index (Phi) is 1.43. The van der Waals surface area contributed by atoms with Crippen LogP contribution in [0.3, 0.4) is 0 Å². The van der Waals surface area contributed by atoms with E-state index in [2.05, 4.69) is 5.10 Å². The van der Waals surface area contributed by atoms with Gasteiger partial charge in [0.1, 0.15) is 17.4 Å². The second-order valence-electron chi connectivity index (χ2n) is 2.49. The number of pyridine rings is 1. The van der Waals surface area contributed by atoms with Gasteiger partial charge in [-0.3, -0.25) is 0 Å². The van der Waals surface area contributed by atoms with E-state index in [1.165, 1.54) is 18.3 Å². The highest BCUT2D eigenvalue weighted by Gasteiger charge is 2.11. The molecule has 0 aliphatic heterocycles. The third-order valence-corrected chi connectivity index (χ3v) is 1.68. The van der Waals surface area contributed by atoms with Crippen LogP contribution in [0.2, 0.25) is 0 Å². The minimum Gasteiger partial charge on any atom is -0.506 e. The largest absolute Gasteiger partial charge is 0.506 e. The lowest BCUT2D eigenvalue weighted by molar-refractivity contribution is 0.469. The predicted molar refractivity (Wildman–Crippen MR) is 41.5 cm³/mol. The molecule has 2 rings (SSSR count). The number of rotatable bonds is 0. The molecule has 0 aromatic carbocycles. The Bertz CT molecular complexity index is 512. The second kappa shape index (κ2) is 2.45. The second-order valence-corrected chi connectivity index (χ2v) is 2.49. The highest BCUT2D eigenvalue weighted by atomic mass is 19.1. The van der Waals surface area contributed by atoms with Crippen molar-refractivity contribution in [3.8, 4) is 11.8 Å². The maximum absolute atomic E-state index is 12.9. The van der Waals surface area contributed by atoms with E-state index in [9.17, 15) is 4.39 Å². The average Bonchev–Trinajstić information content (AvgIpc) is 2.39. The highest BCUT2D eigenvalue weighted by Crippen LogP contribution is 2.16. The molecule has 0 saturated carbocycles. The van der Waals surface area contributed by atoms with Gasteiger partial charge in [-0.05, 0) is 12.1 Å². The lowest BCUT2D eigenvalue weighted by atomic mass is 10.3. The van der Waals surface area contributed by atoms with Gasteiger partial charge in [0, 0.05) is 0 Å². The van der Waals surface area contributed by atoms with Crippen LogP contribution in [0, 0.1) is 17.3 Å². The number of aromatic hydroxyl groups is 1. The molecular formula is C8H4FN3O. The monoisotopic (exact) mass is 177 g/mol. The molecule has 0 bridgehead atoms. The first-order valence-corrected chi connectivity index (χ1v) is 3.49. The number of aromatic nitrogens is 2. The summed E-state index contributed by atoms with van der Waals surface area (Å²) in [5.41, 5.74) is 0.234. The highest BCUT2D eigenvalue weighted by molar-refractivity contribution is 5.60. The Balaban J connectivity index is 2.88. The quantitative estimate of drug-likeness (QED) is 0.654. The third kappa shape index (κ3) is 0.999. The van der Waals surface area contributed by atoms with E-state index in [0.29, 0.717) is 5.52 Å². The zero-order chi connectivity index (χ0) is 9.42. The fourth-order valence-corrected chi connectivity index (χ4v) is 1.11. The Morgan fingerprint density at radius 2 is 2.31 bits per heavy atom. The van der Waals surface area contributed by atoms with Crippen LogP contribution in [0.25, 0.3) is 5.52 Å². The first-order valence-electron chi connectivity index (χ1n) is 3.49. The summed E-state index contributed by atoms with van der Waals surface area (Å²) in [6, 6.07) is 4.50. The van der Waals surface area contributed by atoms with Gasteiger partial charge in [0.2, 0.25) is 0 Å². The first kappa shape index (κ1) is 7.55. The molecule has 0 spiro atoms. The van der Waals surface area contributed by atoms with E-state index in [1.54, 1.807) is 6.07 Å². The van der Waals surface area contributed by atoms with Gasteiger partial charge in [0.25, 0.3) is 5.95 Å². The average molecular weight is 177 g/mol. The lowest BCUT2D eigenvalue weighted by Crippen LogP contribution is -1.85. The van der Waals surface area contributed by atoms with Crippen molar-refractivity contribution in [2.24, 2.45) is 0 Å². The number of nitriles is 1. The van der Waals surface area contributed by atoms with E-state index in [0.717, 1.165) is 4.52 Å². The Labute approximate surface area is 72.5 Å². The van der Waals surface area contributed by atoms with Crippen LogP contribution < -0.4 is 0 Å². The third-order valence-electron chi connectivity index (χ3n) is 1.68. The molecule has 0 amide bonds. The van der Waals surface area contributed by atoms with Crippen LogP contribution >= 0.6 is 0 Å². The molecule has 2 aromatic heterocycles. The van der Waals surface area contributed by atoms with Crippen LogP contribution in [0.4, 0.5) is 4.39 Å². The van der Waals surface area contributed by atoms with Gasteiger partial charge in [-0.25, -0.2) is 4.52 Å². The normalized spacial score (nSPS) is 10.2. The van der Waals surface area contributed by atoms with Gasteiger partial charge >= 0.3 is 0 Å². The van der Waals surface area contributed by atoms with Crippen LogP contribution in [0.1, 0.15) is 5.56 Å². The maximum atomic E-state index is 12.9. The summed E-state index contributed by atoms with van der Waals surface area (Å²) < 4.78 is 14.0. The SMILES string of the molecule is N#Cc1c(F)nn2cc(O)ccc12. The van der Waals surface area contributed by atoms with Crippen LogP contribution in [-0.4, -0.2) is 14.7 Å². The fraction of sp³-hybridized carbons (Fsp3) is 0. The summed E-state index contributed by atoms with van der Waals surface area (Å²) in [5.74, 6) is -0.854. The molecule has 1 N–H and O–H groups in total. The van der Waals surface area contributed by atoms with Crippen molar-refractivity contribution >= 4 is 5.52 Å². The van der Waals surface area contributed by atoms with Crippen molar-refractivity contribution in [1.29, 1.82) is 5.26 Å². The number of hydrogen-bond acceptors (Lipinski definition) is 3. The molecule has 64 valence electrons. The molecule has 0 atom stereocenters. The minimum absolute atomic E-state index is 0.0283. The maximum Gasteiger partial charge on any atom is 0.251 e. The zero-order valence-corrected chi connectivity index (χ0v) is 6.40. The topological polar surface area (TPSA) is 61.3 Å². The molecule has 2 heterocycles. The van der Waals surface area contributed by atoms with Gasteiger partial charge in [-0.1, -0.05) is 0 Å². The first-order chi connectivity index (χ1) is 6.22. The molecule has 13 heavy (non-hydrogen) atoms. The molecule has 0 aliphatic carbocycles. The predicted octanol–water partition coefficient (Wildman–Crippen LogP) is 1.05. The molecule has 0 unspecified atom stereocenters. The number of nitrogens with zero attached hydrogens (tertiary/aromatic N) is 3. The molecule has 0 aliphatic rings. The molecule has 0 fully saturated rings. The zero-order valence-electron chi connectivity index (χ0n) is 6.40. The van der Waals surface area contributed by atoms with Crippen LogP contribution in [-0.2, 0) is 0 Å². The fourth-order valence-electron chi connectivity index (χ4n) is 1.11. The summed E-state index contributed by atoms with van der Waals surface area (Å²) in [7, 11) is 0. The minimum atomic E-state index is -0.826. The summed E-state index contributed by atoms with van der Waals surface area (Å²) >= 11 is 0. The standard InChI is InChI=1S/C8H4FN3O/c9-8-6(3-10)7-2-1-5(13)4-12(7)11-8/h1-2,4,13H. The van der Waals surface area contributed by atoms with E-state index in [-0.39, 0.29) is 11.3 Å². The number of halogens is 1. The summed E-state index contributed by atoms with van der Waals surface area (Å²) in [4.78, 5) is 0. The van der Waals surface area contributed by atoms with Crippen molar-refractivity contribution in [3.63, 3.8) is 0 Å². The van der Waals surface area contributed by atoms with Gasteiger partial charge in [-0.15, -0.1) is 5.10 Å². The van der Waals surface area contributed by atoms with E-state index in [4.69, 9.17) is 10.4 Å². The van der Waals surface area contributed by atoms with Crippen LogP contribution in [0.5, 0.6) is 5.75 Å². The van der Waals surface area contributed by atoms with Gasteiger partial charge in [-0.2, -0.15) is 9.65 Å². The van der Waals surface area contributed by atoms with Gasteiger partial charge in [0.15, 0.2) is 0 Å². The molecule has 0 saturated heterocycles. The van der Waals surface area contributed by atoms with Crippen molar-refractivity contribution in [2.75, 3.05) is 0 Å². The van der Waals surface area contributed by atoms with Gasteiger partial charge in [0.05, 0.1) is 11.7 Å². The lowest BCUT2D eigenvalue weighted by Gasteiger charge is -1.92. The molecular weight excluding hydrogens is 173 g/mol. The molecule has 5 heteroatoms. The Hall–Kier alpha value is -2.09. The summed E-state index contributed by atoms with van der Waals surface area (Å²) in [6.07, 6.45) is 1.24. The van der Waals surface area contributed by atoms with E-state index in [1.807, 2.05) is 0 Å². The van der Waals surface area contributed by atoms with Crippen molar-refractivity contribution in [3.05, 3.63) is 29.8 Å². The van der Waals surface area contributed by atoms with Crippen molar-refractivity contribution in [1.82, 2.24) is 9.61 Å². The van der Waals surface area contributed by atoms with Gasteiger partial charge < -0.3 is 5.11 Å². The molecule has 4 nitrogen and oxygen atoms in total. The number of fused-ring (bicyclic) bond motifs is 1. The Morgan fingerprint density at radius 1 is 1.54 bits per heavy atom. The Morgan fingerprint density at radius 3 is 3.00 bits per heavy atom. The van der Waals surface area contributed by atoms with E-state index < -0.39 is 5.95 Å².